The average Bonchev–Trinajstić information content (AvgIpc) is 3.00. The molecule has 1 aromatic carbocycles. The van der Waals surface area contributed by atoms with E-state index in [1.807, 2.05) is 38.2 Å². The number of likely N-dealkylation sites (N-methyl/N-ethyl adjacent to an activating group) is 2. The maximum Gasteiger partial charge on any atom is 0.236 e. The van der Waals surface area contributed by atoms with Crippen LogP contribution in [-0.4, -0.2) is 46.2 Å². The van der Waals surface area contributed by atoms with Crippen LogP contribution >= 0.6 is 12.4 Å². The molecule has 1 amide bonds. The topological polar surface area (TPSA) is 63.1 Å². The summed E-state index contributed by atoms with van der Waals surface area (Å²) in [4.78, 5) is 17.5. The lowest BCUT2D eigenvalue weighted by atomic mass is 10.1. The van der Waals surface area contributed by atoms with Crippen LogP contribution in [0.15, 0.2) is 36.9 Å². The molecule has 0 saturated carbocycles. The minimum Gasteiger partial charge on any atom is -0.338 e. The van der Waals surface area contributed by atoms with Crippen LogP contribution in [0, 0.1) is 0 Å². The zero-order valence-corrected chi connectivity index (χ0v) is 13.2. The number of rotatable bonds is 5. The second kappa shape index (κ2) is 7.75. The lowest BCUT2D eigenvalue weighted by molar-refractivity contribution is -0.130. The van der Waals surface area contributed by atoms with Gasteiger partial charge in [-0.2, -0.15) is 5.10 Å². The Bertz CT molecular complexity index is 555. The predicted octanol–water partition coefficient (Wildman–Crippen LogP) is 1.43. The highest BCUT2D eigenvalue weighted by Crippen LogP contribution is 2.20. The fraction of sp³-hybridized carbons (Fsp3) is 0.357. The van der Waals surface area contributed by atoms with Gasteiger partial charge in [-0.15, -0.1) is 12.4 Å². The summed E-state index contributed by atoms with van der Waals surface area (Å²) in [5, 5.41) is 6.95. The molecule has 1 N–H and O–H groups in total. The molecule has 0 aliphatic heterocycles. The van der Waals surface area contributed by atoms with Gasteiger partial charge in [-0.3, -0.25) is 4.79 Å². The maximum atomic E-state index is 11.9. The molecule has 0 aliphatic carbocycles. The zero-order valence-electron chi connectivity index (χ0n) is 12.4. The van der Waals surface area contributed by atoms with Crippen LogP contribution in [0.25, 0.3) is 5.69 Å². The number of hydrogen-bond acceptors (Lipinski definition) is 4. The molecular formula is C14H20ClN5O. The van der Waals surface area contributed by atoms with Gasteiger partial charge in [0.1, 0.15) is 12.7 Å². The quantitative estimate of drug-likeness (QED) is 0.907. The van der Waals surface area contributed by atoms with Gasteiger partial charge in [0, 0.05) is 7.05 Å². The Labute approximate surface area is 130 Å². The van der Waals surface area contributed by atoms with Crippen molar-refractivity contribution in [3.05, 3.63) is 42.5 Å². The maximum absolute atomic E-state index is 11.9. The fourth-order valence-corrected chi connectivity index (χ4v) is 1.96. The summed E-state index contributed by atoms with van der Waals surface area (Å²) >= 11 is 0. The Morgan fingerprint density at radius 2 is 2.05 bits per heavy atom. The molecule has 21 heavy (non-hydrogen) atoms. The molecular weight excluding hydrogens is 290 g/mol. The van der Waals surface area contributed by atoms with Gasteiger partial charge in [0.05, 0.1) is 18.3 Å². The first-order valence-electron chi connectivity index (χ1n) is 6.48. The molecule has 1 aromatic heterocycles. The Morgan fingerprint density at radius 1 is 1.38 bits per heavy atom. The molecule has 0 bridgehead atoms. The molecule has 0 saturated heterocycles. The van der Waals surface area contributed by atoms with Crippen molar-refractivity contribution in [2.45, 2.75) is 13.0 Å². The Morgan fingerprint density at radius 3 is 2.57 bits per heavy atom. The van der Waals surface area contributed by atoms with E-state index in [1.54, 1.807) is 23.0 Å². The molecule has 2 aromatic rings. The Hall–Kier alpha value is -1.92. The summed E-state index contributed by atoms with van der Waals surface area (Å²) in [6.07, 6.45) is 3.15. The van der Waals surface area contributed by atoms with E-state index in [-0.39, 0.29) is 24.4 Å². The van der Waals surface area contributed by atoms with Gasteiger partial charge < -0.3 is 10.2 Å². The van der Waals surface area contributed by atoms with Crippen LogP contribution in [-0.2, 0) is 4.79 Å². The number of hydrogen-bond donors (Lipinski definition) is 1. The predicted molar refractivity (Wildman–Crippen MR) is 83.7 cm³/mol. The molecule has 0 radical (unpaired) electrons. The molecule has 1 unspecified atom stereocenters. The van der Waals surface area contributed by atoms with E-state index in [4.69, 9.17) is 0 Å². The summed E-state index contributed by atoms with van der Waals surface area (Å²) in [6.45, 7) is 2.36. The molecule has 7 heteroatoms. The van der Waals surface area contributed by atoms with Crippen molar-refractivity contribution >= 4 is 18.3 Å². The lowest BCUT2D eigenvalue weighted by Gasteiger charge is -2.25. The van der Waals surface area contributed by atoms with Crippen molar-refractivity contribution < 1.29 is 4.79 Å². The van der Waals surface area contributed by atoms with Crippen molar-refractivity contribution in [2.75, 3.05) is 20.6 Å². The summed E-state index contributed by atoms with van der Waals surface area (Å²) in [5.74, 6) is 0.0698. The second-order valence-electron chi connectivity index (χ2n) is 4.64. The van der Waals surface area contributed by atoms with E-state index in [2.05, 4.69) is 15.4 Å². The summed E-state index contributed by atoms with van der Waals surface area (Å²) in [5.41, 5.74) is 2.03. The van der Waals surface area contributed by atoms with E-state index in [0.29, 0.717) is 6.54 Å². The number of aromatic nitrogens is 3. The minimum absolute atomic E-state index is 0. The minimum atomic E-state index is 0. The van der Waals surface area contributed by atoms with Crippen molar-refractivity contribution in [3.63, 3.8) is 0 Å². The third-order valence-electron chi connectivity index (χ3n) is 3.36. The summed E-state index contributed by atoms with van der Waals surface area (Å²) < 4.78 is 1.70. The van der Waals surface area contributed by atoms with Crippen molar-refractivity contribution in [2.24, 2.45) is 0 Å². The van der Waals surface area contributed by atoms with Crippen LogP contribution in [0.2, 0.25) is 0 Å². The highest BCUT2D eigenvalue weighted by molar-refractivity contribution is 5.85. The molecule has 1 heterocycles. The van der Waals surface area contributed by atoms with Gasteiger partial charge in [0.25, 0.3) is 0 Å². The van der Waals surface area contributed by atoms with E-state index >= 15 is 0 Å². The van der Waals surface area contributed by atoms with E-state index in [9.17, 15) is 4.79 Å². The van der Waals surface area contributed by atoms with Crippen LogP contribution in [0.3, 0.4) is 0 Å². The van der Waals surface area contributed by atoms with E-state index in [0.717, 1.165) is 11.3 Å². The largest absolute Gasteiger partial charge is 0.338 e. The lowest BCUT2D eigenvalue weighted by Crippen LogP contribution is -2.35. The average molecular weight is 310 g/mol. The molecule has 2 rings (SSSR count). The van der Waals surface area contributed by atoms with Crippen molar-refractivity contribution in [3.8, 4) is 5.69 Å². The third kappa shape index (κ3) is 4.03. The number of carbonyl (C=O) groups is 1. The third-order valence-corrected chi connectivity index (χ3v) is 3.36. The normalized spacial score (nSPS) is 11.6. The second-order valence-corrected chi connectivity index (χ2v) is 4.64. The van der Waals surface area contributed by atoms with Gasteiger partial charge >= 0.3 is 0 Å². The number of nitrogens with zero attached hydrogens (tertiary/aromatic N) is 4. The highest BCUT2D eigenvalue weighted by atomic mass is 35.5. The van der Waals surface area contributed by atoms with Gasteiger partial charge in [0.2, 0.25) is 5.91 Å². The molecule has 0 fully saturated rings. The molecule has 114 valence electrons. The van der Waals surface area contributed by atoms with E-state index < -0.39 is 0 Å². The summed E-state index contributed by atoms with van der Waals surface area (Å²) in [6, 6.07) is 7.98. The monoisotopic (exact) mass is 309 g/mol. The number of halogens is 1. The van der Waals surface area contributed by atoms with Crippen LogP contribution < -0.4 is 5.32 Å². The van der Waals surface area contributed by atoms with Gasteiger partial charge in [-0.25, -0.2) is 9.67 Å². The van der Waals surface area contributed by atoms with Crippen LogP contribution in [0.5, 0.6) is 0 Å². The number of amides is 1. The van der Waals surface area contributed by atoms with Crippen LogP contribution in [0.4, 0.5) is 0 Å². The van der Waals surface area contributed by atoms with Crippen molar-refractivity contribution in [1.29, 1.82) is 0 Å². The van der Waals surface area contributed by atoms with Gasteiger partial charge in [-0.1, -0.05) is 12.1 Å². The molecule has 0 aliphatic rings. The Balaban J connectivity index is 0.00000220. The number of benzene rings is 1. The highest BCUT2D eigenvalue weighted by Gasteiger charge is 2.16. The standard InChI is InChI=1S/C14H19N5O.ClH/c1-11(18(3)14(20)8-15-2)12-4-6-13(7-5-12)19-10-16-9-17-19;/h4-7,9-11,15H,8H2,1-3H3;1H. The Kier molecular flexibility index (Phi) is 6.33. The van der Waals surface area contributed by atoms with Crippen molar-refractivity contribution in [1.82, 2.24) is 25.0 Å². The molecule has 6 nitrogen and oxygen atoms in total. The van der Waals surface area contributed by atoms with Crippen LogP contribution in [0.1, 0.15) is 18.5 Å². The first-order chi connectivity index (χ1) is 9.63. The fourth-order valence-electron chi connectivity index (χ4n) is 1.96. The summed E-state index contributed by atoms with van der Waals surface area (Å²) in [7, 11) is 3.58. The first-order valence-corrected chi connectivity index (χ1v) is 6.48. The van der Waals surface area contributed by atoms with Gasteiger partial charge in [0.15, 0.2) is 0 Å². The smallest absolute Gasteiger partial charge is 0.236 e. The molecule has 0 spiro atoms. The number of carbonyl (C=O) groups excluding carboxylic acids is 1. The first kappa shape index (κ1) is 17.1. The van der Waals surface area contributed by atoms with Gasteiger partial charge in [-0.05, 0) is 31.7 Å². The van der Waals surface area contributed by atoms with E-state index in [1.165, 1.54) is 6.33 Å². The zero-order chi connectivity index (χ0) is 14.5. The number of nitrogens with one attached hydrogen (secondary N) is 1. The SMILES string of the molecule is CNCC(=O)N(C)C(C)c1ccc(-n2cncn2)cc1.Cl. The molecule has 1 atom stereocenters.